The highest BCUT2D eigenvalue weighted by molar-refractivity contribution is 4.70. The molecule has 0 bridgehead atoms. The average molecular weight is 130 g/mol. The Morgan fingerprint density at radius 1 is 1.78 bits per heavy atom. The summed E-state index contributed by atoms with van der Waals surface area (Å²) in [5, 5.41) is 6.43. The maximum atomic E-state index is 5.23. The van der Waals surface area contributed by atoms with Gasteiger partial charge in [-0.25, -0.2) is 0 Å². The first-order valence-corrected chi connectivity index (χ1v) is 3.39. The predicted molar refractivity (Wildman–Crippen MR) is 36.5 cm³/mol. The van der Waals surface area contributed by atoms with Crippen molar-refractivity contribution in [1.82, 2.24) is 10.6 Å². The summed E-state index contributed by atoms with van der Waals surface area (Å²) in [5.41, 5.74) is 0. The van der Waals surface area contributed by atoms with Crippen LogP contribution >= 0.6 is 0 Å². The fraction of sp³-hybridized carbons (Fsp3) is 1.00. The lowest BCUT2D eigenvalue weighted by Gasteiger charge is -2.23. The van der Waals surface area contributed by atoms with Gasteiger partial charge in [-0.3, -0.25) is 0 Å². The first-order valence-electron chi connectivity index (χ1n) is 3.39. The van der Waals surface area contributed by atoms with E-state index in [0.29, 0.717) is 6.04 Å². The van der Waals surface area contributed by atoms with Gasteiger partial charge >= 0.3 is 0 Å². The minimum absolute atomic E-state index is 0.517. The Bertz CT molecular complexity index is 68.7. The van der Waals surface area contributed by atoms with Gasteiger partial charge in [0.1, 0.15) is 0 Å². The van der Waals surface area contributed by atoms with Crippen LogP contribution in [0.3, 0.4) is 0 Å². The summed E-state index contributed by atoms with van der Waals surface area (Å²) in [5.74, 6) is 0. The molecule has 2 N–H and O–H groups in total. The number of hydrogen-bond acceptors (Lipinski definition) is 3. The Balaban J connectivity index is 2.08. The summed E-state index contributed by atoms with van der Waals surface area (Å²) < 4.78 is 5.23. The molecule has 1 aliphatic heterocycles. The molecule has 0 saturated carbocycles. The second kappa shape index (κ2) is 3.82. The largest absolute Gasteiger partial charge is 0.378 e. The van der Waals surface area contributed by atoms with Gasteiger partial charge in [-0.15, -0.1) is 0 Å². The zero-order chi connectivity index (χ0) is 6.53. The van der Waals surface area contributed by atoms with E-state index in [4.69, 9.17) is 4.74 Å². The van der Waals surface area contributed by atoms with Crippen LogP contribution in [0.2, 0.25) is 0 Å². The van der Waals surface area contributed by atoms with Crippen molar-refractivity contribution in [1.29, 1.82) is 0 Å². The number of morpholine rings is 1. The fourth-order valence-electron chi connectivity index (χ4n) is 0.997. The van der Waals surface area contributed by atoms with Crippen molar-refractivity contribution < 1.29 is 4.74 Å². The molecule has 9 heavy (non-hydrogen) atoms. The van der Waals surface area contributed by atoms with Gasteiger partial charge in [0, 0.05) is 19.1 Å². The van der Waals surface area contributed by atoms with Crippen LogP contribution < -0.4 is 10.6 Å². The summed E-state index contributed by atoms with van der Waals surface area (Å²) in [6, 6.07) is 0.517. The van der Waals surface area contributed by atoms with Crippen molar-refractivity contribution >= 4 is 0 Å². The van der Waals surface area contributed by atoms with Crippen LogP contribution in [-0.4, -0.2) is 39.4 Å². The topological polar surface area (TPSA) is 33.3 Å². The monoisotopic (exact) mass is 130 g/mol. The standard InChI is InChI=1S/C6H14N2O/c1-7-4-6-5-9-3-2-8-6/h6-8H,2-5H2,1H3. The molecule has 0 aromatic heterocycles. The quantitative estimate of drug-likeness (QED) is 0.513. The lowest BCUT2D eigenvalue weighted by atomic mass is 10.3. The molecule has 54 valence electrons. The lowest BCUT2D eigenvalue weighted by Crippen LogP contribution is -2.46. The maximum absolute atomic E-state index is 5.23. The molecule has 1 fully saturated rings. The van der Waals surface area contributed by atoms with E-state index in [0.717, 1.165) is 26.3 Å². The van der Waals surface area contributed by atoms with Gasteiger partial charge in [-0.2, -0.15) is 0 Å². The second-order valence-corrected chi connectivity index (χ2v) is 2.28. The van der Waals surface area contributed by atoms with Crippen LogP contribution in [0.25, 0.3) is 0 Å². The molecule has 0 spiro atoms. The zero-order valence-electron chi connectivity index (χ0n) is 5.81. The summed E-state index contributed by atoms with van der Waals surface area (Å²) in [4.78, 5) is 0. The summed E-state index contributed by atoms with van der Waals surface area (Å²) in [6.07, 6.45) is 0. The van der Waals surface area contributed by atoms with Crippen LogP contribution in [0, 0.1) is 0 Å². The van der Waals surface area contributed by atoms with Gasteiger partial charge < -0.3 is 15.4 Å². The van der Waals surface area contributed by atoms with E-state index in [-0.39, 0.29) is 0 Å². The van der Waals surface area contributed by atoms with Gasteiger partial charge in [-0.1, -0.05) is 0 Å². The second-order valence-electron chi connectivity index (χ2n) is 2.28. The average Bonchev–Trinajstić information content (AvgIpc) is 1.91. The third-order valence-electron chi connectivity index (χ3n) is 1.45. The van der Waals surface area contributed by atoms with Gasteiger partial charge in [-0.05, 0) is 7.05 Å². The highest BCUT2D eigenvalue weighted by Crippen LogP contribution is 1.89. The van der Waals surface area contributed by atoms with Crippen molar-refractivity contribution in [3.8, 4) is 0 Å². The molecule has 0 aromatic carbocycles. The first kappa shape index (κ1) is 6.99. The van der Waals surface area contributed by atoms with E-state index >= 15 is 0 Å². The SMILES string of the molecule is CNCC1COCCN1. The van der Waals surface area contributed by atoms with Crippen molar-refractivity contribution in [2.75, 3.05) is 33.4 Å². The summed E-state index contributed by atoms with van der Waals surface area (Å²) in [6.45, 7) is 3.70. The Labute approximate surface area is 55.8 Å². The minimum atomic E-state index is 0.517. The Morgan fingerprint density at radius 2 is 2.67 bits per heavy atom. The van der Waals surface area contributed by atoms with E-state index in [1.165, 1.54) is 0 Å². The fourth-order valence-corrected chi connectivity index (χ4v) is 0.997. The Kier molecular flexibility index (Phi) is 2.97. The number of likely N-dealkylation sites (N-methyl/N-ethyl adjacent to an activating group) is 1. The Morgan fingerprint density at radius 3 is 3.22 bits per heavy atom. The highest BCUT2D eigenvalue weighted by atomic mass is 16.5. The normalized spacial score (nSPS) is 28.3. The lowest BCUT2D eigenvalue weighted by molar-refractivity contribution is 0.0773. The van der Waals surface area contributed by atoms with E-state index in [2.05, 4.69) is 10.6 Å². The van der Waals surface area contributed by atoms with Crippen molar-refractivity contribution in [3.63, 3.8) is 0 Å². The van der Waals surface area contributed by atoms with Crippen LogP contribution in [0.4, 0.5) is 0 Å². The van der Waals surface area contributed by atoms with Crippen LogP contribution in [0.1, 0.15) is 0 Å². The third-order valence-corrected chi connectivity index (χ3v) is 1.45. The molecule has 0 radical (unpaired) electrons. The molecular weight excluding hydrogens is 116 g/mol. The molecule has 1 heterocycles. The smallest absolute Gasteiger partial charge is 0.0632 e. The molecule has 1 rings (SSSR count). The van der Waals surface area contributed by atoms with Crippen LogP contribution in [0.5, 0.6) is 0 Å². The molecule has 0 aromatic rings. The molecule has 1 aliphatic rings. The van der Waals surface area contributed by atoms with Crippen molar-refractivity contribution in [2.24, 2.45) is 0 Å². The molecular formula is C6H14N2O. The molecule has 1 saturated heterocycles. The maximum Gasteiger partial charge on any atom is 0.0632 e. The predicted octanol–water partition coefficient (Wildman–Crippen LogP) is -0.806. The van der Waals surface area contributed by atoms with E-state index in [9.17, 15) is 0 Å². The molecule has 0 amide bonds. The van der Waals surface area contributed by atoms with Gasteiger partial charge in [0.25, 0.3) is 0 Å². The molecule has 3 nitrogen and oxygen atoms in total. The summed E-state index contributed by atoms with van der Waals surface area (Å²) in [7, 11) is 1.95. The first-order chi connectivity index (χ1) is 4.43. The van der Waals surface area contributed by atoms with E-state index in [1.54, 1.807) is 0 Å². The van der Waals surface area contributed by atoms with Gasteiger partial charge in [0.05, 0.1) is 13.2 Å². The number of rotatable bonds is 2. The number of nitrogens with one attached hydrogen (secondary N) is 2. The van der Waals surface area contributed by atoms with Gasteiger partial charge in [0.15, 0.2) is 0 Å². The van der Waals surface area contributed by atoms with Crippen molar-refractivity contribution in [3.05, 3.63) is 0 Å². The summed E-state index contributed by atoms with van der Waals surface area (Å²) >= 11 is 0. The van der Waals surface area contributed by atoms with Gasteiger partial charge in [0.2, 0.25) is 0 Å². The molecule has 0 aliphatic carbocycles. The highest BCUT2D eigenvalue weighted by Gasteiger charge is 2.10. The van der Waals surface area contributed by atoms with E-state index < -0.39 is 0 Å². The molecule has 1 unspecified atom stereocenters. The van der Waals surface area contributed by atoms with E-state index in [1.807, 2.05) is 7.05 Å². The third kappa shape index (κ3) is 2.30. The van der Waals surface area contributed by atoms with Crippen LogP contribution in [-0.2, 0) is 4.74 Å². The Hall–Kier alpha value is -0.120. The van der Waals surface area contributed by atoms with Crippen LogP contribution in [0.15, 0.2) is 0 Å². The number of ether oxygens (including phenoxy) is 1. The number of hydrogen-bond donors (Lipinski definition) is 2. The zero-order valence-corrected chi connectivity index (χ0v) is 5.81. The minimum Gasteiger partial charge on any atom is -0.378 e. The molecule has 1 atom stereocenters. The van der Waals surface area contributed by atoms with Crippen molar-refractivity contribution in [2.45, 2.75) is 6.04 Å². The molecule has 3 heteroatoms.